The van der Waals surface area contributed by atoms with Crippen molar-refractivity contribution in [2.75, 3.05) is 18.0 Å². The average molecular weight is 449 g/mol. The van der Waals surface area contributed by atoms with Crippen molar-refractivity contribution < 1.29 is 4.79 Å². The van der Waals surface area contributed by atoms with Gasteiger partial charge >= 0.3 is 0 Å². The van der Waals surface area contributed by atoms with Crippen LogP contribution < -0.4 is 10.2 Å². The standard InChI is InChI=1S/C29H28N4O/c34-29(30-28(23-12-6-2-7-13-23)24-14-8-3-9-15-24)25-18-20-33(21-19-25)27-17-16-26(31-32-27)22-10-4-1-5-11-22/h1-17,25,28H,18-21H2,(H,30,34). The van der Waals surface area contributed by atoms with Crippen molar-refractivity contribution in [2.24, 2.45) is 5.92 Å². The maximum Gasteiger partial charge on any atom is 0.223 e. The third-order valence-electron chi connectivity index (χ3n) is 6.46. The predicted molar refractivity (Wildman–Crippen MR) is 135 cm³/mol. The summed E-state index contributed by atoms with van der Waals surface area (Å²) in [6, 6.07) is 34.3. The number of nitrogens with one attached hydrogen (secondary N) is 1. The summed E-state index contributed by atoms with van der Waals surface area (Å²) in [6.45, 7) is 1.58. The van der Waals surface area contributed by atoms with E-state index in [0.717, 1.165) is 54.1 Å². The molecule has 5 heteroatoms. The van der Waals surface area contributed by atoms with E-state index in [-0.39, 0.29) is 17.9 Å². The van der Waals surface area contributed by atoms with Crippen LogP contribution in [0.1, 0.15) is 30.0 Å². The Labute approximate surface area is 200 Å². The summed E-state index contributed by atoms with van der Waals surface area (Å²) in [5, 5.41) is 12.2. The number of nitrogens with zero attached hydrogens (tertiary/aromatic N) is 3. The molecule has 0 radical (unpaired) electrons. The largest absolute Gasteiger partial charge is 0.355 e. The highest BCUT2D eigenvalue weighted by Crippen LogP contribution is 2.26. The second-order valence-electron chi connectivity index (χ2n) is 8.67. The number of carbonyl (C=O) groups excluding carboxylic acids is 1. The van der Waals surface area contributed by atoms with Gasteiger partial charge in [-0.1, -0.05) is 91.0 Å². The third kappa shape index (κ3) is 4.99. The van der Waals surface area contributed by atoms with Crippen LogP contribution in [0.3, 0.4) is 0 Å². The van der Waals surface area contributed by atoms with E-state index >= 15 is 0 Å². The summed E-state index contributed by atoms with van der Waals surface area (Å²) >= 11 is 0. The molecule has 1 aliphatic rings. The molecular weight excluding hydrogens is 420 g/mol. The van der Waals surface area contributed by atoms with Gasteiger partial charge in [-0.3, -0.25) is 4.79 Å². The highest BCUT2D eigenvalue weighted by Gasteiger charge is 2.28. The molecule has 1 aliphatic heterocycles. The monoisotopic (exact) mass is 448 g/mol. The Morgan fingerprint density at radius 2 is 1.29 bits per heavy atom. The van der Waals surface area contributed by atoms with E-state index in [1.54, 1.807) is 0 Å². The molecule has 0 unspecified atom stereocenters. The van der Waals surface area contributed by atoms with Crippen molar-refractivity contribution in [3.05, 3.63) is 114 Å². The zero-order valence-corrected chi connectivity index (χ0v) is 19.0. The van der Waals surface area contributed by atoms with Crippen LogP contribution in [0.2, 0.25) is 0 Å². The fraction of sp³-hybridized carbons (Fsp3) is 0.207. The molecule has 1 fully saturated rings. The second kappa shape index (κ2) is 10.3. The van der Waals surface area contributed by atoms with Gasteiger partial charge in [-0.25, -0.2) is 0 Å². The Bertz CT molecular complexity index is 1150. The van der Waals surface area contributed by atoms with E-state index in [4.69, 9.17) is 0 Å². The number of carbonyl (C=O) groups is 1. The molecule has 0 spiro atoms. The van der Waals surface area contributed by atoms with Gasteiger partial charge in [0.2, 0.25) is 5.91 Å². The molecule has 0 bridgehead atoms. The predicted octanol–water partition coefficient (Wildman–Crippen LogP) is 5.27. The van der Waals surface area contributed by atoms with Crippen molar-refractivity contribution in [1.29, 1.82) is 0 Å². The van der Waals surface area contributed by atoms with Gasteiger partial charge < -0.3 is 10.2 Å². The molecule has 0 saturated carbocycles. The fourth-order valence-corrected chi connectivity index (χ4v) is 4.54. The number of hydrogen-bond acceptors (Lipinski definition) is 4. The molecular formula is C29H28N4O. The minimum atomic E-state index is -0.149. The lowest BCUT2D eigenvalue weighted by molar-refractivity contribution is -0.126. The zero-order valence-electron chi connectivity index (χ0n) is 19.0. The lowest BCUT2D eigenvalue weighted by atomic mass is 9.93. The molecule has 1 amide bonds. The Morgan fingerprint density at radius 3 is 1.82 bits per heavy atom. The molecule has 1 aromatic heterocycles. The minimum absolute atomic E-state index is 0.0114. The number of amides is 1. The number of anilines is 1. The summed E-state index contributed by atoms with van der Waals surface area (Å²) in [5.74, 6) is 0.968. The Kier molecular flexibility index (Phi) is 6.61. The summed E-state index contributed by atoms with van der Waals surface area (Å²) < 4.78 is 0. The zero-order chi connectivity index (χ0) is 23.2. The molecule has 5 rings (SSSR count). The van der Waals surface area contributed by atoms with Crippen LogP contribution in [-0.4, -0.2) is 29.2 Å². The van der Waals surface area contributed by atoms with Crippen molar-refractivity contribution in [2.45, 2.75) is 18.9 Å². The molecule has 0 atom stereocenters. The summed E-state index contributed by atoms with van der Waals surface area (Å²) in [4.78, 5) is 15.5. The maximum atomic E-state index is 13.2. The van der Waals surface area contributed by atoms with Gasteiger partial charge in [0.1, 0.15) is 0 Å². The molecule has 34 heavy (non-hydrogen) atoms. The first-order valence-corrected chi connectivity index (χ1v) is 11.8. The topological polar surface area (TPSA) is 58.1 Å². The summed E-state index contributed by atoms with van der Waals surface area (Å²) in [5.41, 5.74) is 4.11. The normalized spacial score (nSPS) is 14.2. The first-order chi connectivity index (χ1) is 16.8. The summed E-state index contributed by atoms with van der Waals surface area (Å²) in [7, 11) is 0. The van der Waals surface area contributed by atoms with Gasteiger partial charge in [-0.05, 0) is 36.1 Å². The van der Waals surface area contributed by atoms with Crippen LogP contribution in [0, 0.1) is 5.92 Å². The van der Waals surface area contributed by atoms with Crippen LogP contribution in [-0.2, 0) is 4.79 Å². The van der Waals surface area contributed by atoms with Gasteiger partial charge in [-0.15, -0.1) is 10.2 Å². The van der Waals surface area contributed by atoms with Crippen molar-refractivity contribution in [3.63, 3.8) is 0 Å². The molecule has 4 aromatic rings. The molecule has 3 aromatic carbocycles. The molecule has 0 aliphatic carbocycles. The van der Waals surface area contributed by atoms with Crippen LogP contribution in [0.25, 0.3) is 11.3 Å². The van der Waals surface area contributed by atoms with E-state index in [9.17, 15) is 4.79 Å². The molecule has 5 nitrogen and oxygen atoms in total. The lowest BCUT2D eigenvalue weighted by Crippen LogP contribution is -2.42. The number of benzene rings is 3. The number of aromatic nitrogens is 2. The number of piperidine rings is 1. The highest BCUT2D eigenvalue weighted by molar-refractivity contribution is 5.80. The van der Waals surface area contributed by atoms with E-state index < -0.39 is 0 Å². The van der Waals surface area contributed by atoms with Gasteiger partial charge in [0.15, 0.2) is 5.82 Å². The maximum absolute atomic E-state index is 13.2. The van der Waals surface area contributed by atoms with Crippen LogP contribution in [0.15, 0.2) is 103 Å². The van der Waals surface area contributed by atoms with Crippen LogP contribution >= 0.6 is 0 Å². The SMILES string of the molecule is O=C(NC(c1ccccc1)c1ccccc1)C1CCN(c2ccc(-c3ccccc3)nn2)CC1. The van der Waals surface area contributed by atoms with E-state index in [0.29, 0.717) is 0 Å². The van der Waals surface area contributed by atoms with E-state index in [2.05, 4.69) is 44.7 Å². The highest BCUT2D eigenvalue weighted by atomic mass is 16.2. The van der Waals surface area contributed by atoms with Gasteiger partial charge in [0, 0.05) is 24.6 Å². The van der Waals surface area contributed by atoms with Crippen molar-refractivity contribution in [3.8, 4) is 11.3 Å². The average Bonchev–Trinajstić information content (AvgIpc) is 2.93. The lowest BCUT2D eigenvalue weighted by Gasteiger charge is -2.32. The van der Waals surface area contributed by atoms with Gasteiger partial charge in [0.05, 0.1) is 11.7 Å². The Balaban J connectivity index is 1.22. The molecule has 1 saturated heterocycles. The number of hydrogen-bond donors (Lipinski definition) is 1. The fourth-order valence-electron chi connectivity index (χ4n) is 4.54. The number of rotatable bonds is 6. The minimum Gasteiger partial charge on any atom is -0.355 e. The second-order valence-corrected chi connectivity index (χ2v) is 8.67. The van der Waals surface area contributed by atoms with Gasteiger partial charge in [0.25, 0.3) is 0 Å². The van der Waals surface area contributed by atoms with Gasteiger partial charge in [-0.2, -0.15) is 0 Å². The molecule has 2 heterocycles. The first-order valence-electron chi connectivity index (χ1n) is 11.8. The van der Waals surface area contributed by atoms with Crippen LogP contribution in [0.4, 0.5) is 5.82 Å². The Morgan fingerprint density at radius 1 is 0.735 bits per heavy atom. The first kappa shape index (κ1) is 21.8. The van der Waals surface area contributed by atoms with Crippen molar-refractivity contribution >= 4 is 11.7 Å². The quantitative estimate of drug-likeness (QED) is 0.437. The van der Waals surface area contributed by atoms with Crippen molar-refractivity contribution in [1.82, 2.24) is 15.5 Å². The molecule has 170 valence electrons. The third-order valence-corrected chi connectivity index (χ3v) is 6.46. The Hall–Kier alpha value is -3.99. The smallest absolute Gasteiger partial charge is 0.223 e. The van der Waals surface area contributed by atoms with Crippen LogP contribution in [0.5, 0.6) is 0 Å². The summed E-state index contributed by atoms with van der Waals surface area (Å²) in [6.07, 6.45) is 1.59. The molecule has 1 N–H and O–H groups in total. The van der Waals surface area contributed by atoms with E-state index in [1.807, 2.05) is 78.9 Å². The van der Waals surface area contributed by atoms with E-state index in [1.165, 1.54) is 0 Å².